The van der Waals surface area contributed by atoms with E-state index in [1.54, 1.807) is 13.0 Å². The molecule has 0 unspecified atom stereocenters. The number of carbonyl (C=O) groups excluding carboxylic acids is 1. The van der Waals surface area contributed by atoms with Crippen molar-refractivity contribution in [3.8, 4) is 5.75 Å². The summed E-state index contributed by atoms with van der Waals surface area (Å²) in [7, 11) is 0. The van der Waals surface area contributed by atoms with Crippen LogP contribution in [0.2, 0.25) is 0 Å². The maximum Gasteiger partial charge on any atom is 0.271 e. The fourth-order valence-electron chi connectivity index (χ4n) is 2.32. The summed E-state index contributed by atoms with van der Waals surface area (Å²) in [6.07, 6.45) is 1.06. The predicted octanol–water partition coefficient (Wildman–Crippen LogP) is 4.43. The largest absolute Gasteiger partial charge is 0.484 e. The Balaban J connectivity index is 1.95. The molecule has 0 bridgehead atoms. The Kier molecular flexibility index (Phi) is 6.11. The molecule has 0 heterocycles. The third-order valence-corrected chi connectivity index (χ3v) is 4.14. The lowest BCUT2D eigenvalue weighted by molar-refractivity contribution is -0.384. The van der Waals surface area contributed by atoms with Crippen molar-refractivity contribution in [2.45, 2.75) is 33.1 Å². The van der Waals surface area contributed by atoms with Gasteiger partial charge >= 0.3 is 0 Å². The lowest BCUT2D eigenvalue weighted by Gasteiger charge is -2.11. The number of nitro benzene ring substituents is 1. The second kappa shape index (κ2) is 8.28. The number of nitrogens with zero attached hydrogens (tertiary/aromatic N) is 1. The van der Waals surface area contributed by atoms with Crippen molar-refractivity contribution in [2.24, 2.45) is 0 Å². The standard InChI is InChI=1S/C19H22N2O4/c1-4-13(2)15-6-9-17(10-7-15)25-12-19(22)20-18-11-16(21(23)24)8-5-14(18)3/h5-11,13H,4,12H2,1-3H3,(H,20,22)/t13-/m1/s1. The predicted molar refractivity (Wildman–Crippen MR) is 97.1 cm³/mol. The summed E-state index contributed by atoms with van der Waals surface area (Å²) in [6, 6.07) is 12.0. The number of aryl methyl sites for hydroxylation is 1. The molecular formula is C19H22N2O4. The summed E-state index contributed by atoms with van der Waals surface area (Å²) in [5.41, 5.74) is 2.32. The molecule has 25 heavy (non-hydrogen) atoms. The van der Waals surface area contributed by atoms with E-state index in [4.69, 9.17) is 4.74 Å². The first-order valence-corrected chi connectivity index (χ1v) is 8.18. The Labute approximate surface area is 147 Å². The minimum atomic E-state index is -0.496. The van der Waals surface area contributed by atoms with Gasteiger partial charge in [0.05, 0.1) is 10.6 Å². The number of amides is 1. The number of nitro groups is 1. The molecule has 0 fully saturated rings. The number of non-ortho nitro benzene ring substituents is 1. The molecule has 0 aromatic heterocycles. The van der Waals surface area contributed by atoms with Crippen LogP contribution < -0.4 is 10.1 Å². The number of hydrogen-bond acceptors (Lipinski definition) is 4. The molecule has 0 saturated carbocycles. The van der Waals surface area contributed by atoms with E-state index in [0.717, 1.165) is 12.0 Å². The second-order valence-corrected chi connectivity index (χ2v) is 5.97. The molecule has 0 saturated heterocycles. The Morgan fingerprint density at radius 2 is 1.92 bits per heavy atom. The summed E-state index contributed by atoms with van der Waals surface area (Å²) in [6.45, 7) is 5.90. The van der Waals surface area contributed by atoms with Gasteiger partial charge in [0.1, 0.15) is 5.75 Å². The van der Waals surface area contributed by atoms with E-state index in [1.807, 2.05) is 24.3 Å². The molecule has 2 rings (SSSR count). The van der Waals surface area contributed by atoms with Gasteiger partial charge in [-0.25, -0.2) is 0 Å². The Hall–Kier alpha value is -2.89. The molecule has 6 nitrogen and oxygen atoms in total. The Morgan fingerprint density at radius 1 is 1.24 bits per heavy atom. The van der Waals surface area contributed by atoms with Crippen LogP contribution in [0.3, 0.4) is 0 Å². The van der Waals surface area contributed by atoms with Gasteiger partial charge in [0.25, 0.3) is 11.6 Å². The van der Waals surface area contributed by atoms with Gasteiger partial charge in [-0.2, -0.15) is 0 Å². The van der Waals surface area contributed by atoms with Crippen LogP contribution in [0.25, 0.3) is 0 Å². The third kappa shape index (κ3) is 5.04. The van der Waals surface area contributed by atoms with E-state index in [0.29, 0.717) is 17.4 Å². The lowest BCUT2D eigenvalue weighted by Crippen LogP contribution is -2.20. The molecule has 2 aromatic rings. The molecule has 2 aromatic carbocycles. The van der Waals surface area contributed by atoms with Gasteiger partial charge in [-0.3, -0.25) is 14.9 Å². The van der Waals surface area contributed by atoms with Crippen LogP contribution in [0.15, 0.2) is 42.5 Å². The van der Waals surface area contributed by atoms with Gasteiger partial charge < -0.3 is 10.1 Å². The quantitative estimate of drug-likeness (QED) is 0.596. The van der Waals surface area contributed by atoms with Gasteiger partial charge in [0, 0.05) is 12.1 Å². The highest BCUT2D eigenvalue weighted by Gasteiger charge is 2.11. The number of carbonyl (C=O) groups is 1. The fourth-order valence-corrected chi connectivity index (χ4v) is 2.32. The Morgan fingerprint density at radius 3 is 2.52 bits per heavy atom. The van der Waals surface area contributed by atoms with Crippen LogP contribution >= 0.6 is 0 Å². The average Bonchev–Trinajstić information content (AvgIpc) is 2.61. The first-order valence-electron chi connectivity index (χ1n) is 8.18. The summed E-state index contributed by atoms with van der Waals surface area (Å²) in [5, 5.41) is 13.5. The van der Waals surface area contributed by atoms with Crippen LogP contribution in [0.1, 0.15) is 37.3 Å². The summed E-state index contributed by atoms with van der Waals surface area (Å²) in [5.74, 6) is 0.724. The van der Waals surface area contributed by atoms with Gasteiger partial charge in [-0.05, 0) is 42.5 Å². The van der Waals surface area contributed by atoms with E-state index >= 15 is 0 Å². The van der Waals surface area contributed by atoms with Gasteiger partial charge in [0.2, 0.25) is 0 Å². The van der Waals surface area contributed by atoms with E-state index in [9.17, 15) is 14.9 Å². The van der Waals surface area contributed by atoms with Crippen molar-refractivity contribution >= 4 is 17.3 Å². The molecule has 1 amide bonds. The van der Waals surface area contributed by atoms with Gasteiger partial charge in [-0.1, -0.05) is 32.0 Å². The molecule has 1 N–H and O–H groups in total. The number of rotatable bonds is 7. The summed E-state index contributed by atoms with van der Waals surface area (Å²) in [4.78, 5) is 22.4. The van der Waals surface area contributed by atoms with Gasteiger partial charge in [-0.15, -0.1) is 0 Å². The normalized spacial score (nSPS) is 11.6. The van der Waals surface area contributed by atoms with Gasteiger partial charge in [0.15, 0.2) is 6.61 Å². The SMILES string of the molecule is CC[C@@H](C)c1ccc(OCC(=O)Nc2cc([N+](=O)[O-])ccc2C)cc1. The number of hydrogen-bond donors (Lipinski definition) is 1. The molecule has 0 radical (unpaired) electrons. The summed E-state index contributed by atoms with van der Waals surface area (Å²) >= 11 is 0. The first kappa shape index (κ1) is 18.4. The van der Waals surface area contributed by atoms with Crippen molar-refractivity contribution in [1.82, 2.24) is 0 Å². The topological polar surface area (TPSA) is 81.5 Å². The highest BCUT2D eigenvalue weighted by molar-refractivity contribution is 5.93. The molecule has 0 aliphatic rings. The molecule has 0 spiro atoms. The lowest BCUT2D eigenvalue weighted by atomic mass is 9.99. The van der Waals surface area contributed by atoms with Crippen molar-refractivity contribution in [3.05, 3.63) is 63.7 Å². The van der Waals surface area contributed by atoms with Crippen molar-refractivity contribution < 1.29 is 14.5 Å². The zero-order chi connectivity index (χ0) is 18.4. The van der Waals surface area contributed by atoms with E-state index in [2.05, 4.69) is 19.2 Å². The monoisotopic (exact) mass is 342 g/mol. The molecule has 1 atom stereocenters. The summed E-state index contributed by atoms with van der Waals surface area (Å²) < 4.78 is 5.48. The van der Waals surface area contributed by atoms with Crippen molar-refractivity contribution in [3.63, 3.8) is 0 Å². The first-order chi connectivity index (χ1) is 11.9. The van der Waals surface area contributed by atoms with Crippen molar-refractivity contribution in [2.75, 3.05) is 11.9 Å². The van der Waals surface area contributed by atoms with E-state index < -0.39 is 4.92 Å². The number of benzene rings is 2. The smallest absolute Gasteiger partial charge is 0.271 e. The minimum Gasteiger partial charge on any atom is -0.484 e. The minimum absolute atomic E-state index is 0.0672. The van der Waals surface area contributed by atoms with Crippen LogP contribution in [0, 0.1) is 17.0 Å². The average molecular weight is 342 g/mol. The highest BCUT2D eigenvalue weighted by atomic mass is 16.6. The zero-order valence-electron chi connectivity index (χ0n) is 14.6. The molecular weight excluding hydrogens is 320 g/mol. The highest BCUT2D eigenvalue weighted by Crippen LogP contribution is 2.23. The molecule has 0 aliphatic carbocycles. The maximum absolute atomic E-state index is 12.0. The molecule has 0 aliphatic heterocycles. The van der Waals surface area contributed by atoms with Crippen LogP contribution in [-0.4, -0.2) is 17.4 Å². The fraction of sp³-hybridized carbons (Fsp3) is 0.316. The van der Waals surface area contributed by atoms with E-state index in [-0.39, 0.29) is 18.2 Å². The molecule has 132 valence electrons. The molecule has 6 heteroatoms. The Bertz CT molecular complexity index is 757. The number of ether oxygens (including phenoxy) is 1. The van der Waals surface area contributed by atoms with Crippen molar-refractivity contribution in [1.29, 1.82) is 0 Å². The zero-order valence-corrected chi connectivity index (χ0v) is 14.6. The second-order valence-electron chi connectivity index (χ2n) is 5.97. The van der Waals surface area contributed by atoms with Crippen LogP contribution in [0.5, 0.6) is 5.75 Å². The third-order valence-electron chi connectivity index (χ3n) is 4.14. The van der Waals surface area contributed by atoms with E-state index in [1.165, 1.54) is 17.7 Å². The van der Waals surface area contributed by atoms with Crippen LogP contribution in [-0.2, 0) is 4.79 Å². The number of anilines is 1. The number of nitrogens with one attached hydrogen (secondary N) is 1. The maximum atomic E-state index is 12.0. The van der Waals surface area contributed by atoms with Crippen LogP contribution in [0.4, 0.5) is 11.4 Å².